The summed E-state index contributed by atoms with van der Waals surface area (Å²) in [5.74, 6) is -2.33. The number of hydrogen-bond acceptors (Lipinski definition) is 15. The molecule has 0 fully saturated rings. The second-order valence-corrected chi connectivity index (χ2v) is 24.7. The third kappa shape index (κ3) is 19.1. The second kappa shape index (κ2) is 28.9. The van der Waals surface area contributed by atoms with Gasteiger partial charge in [-0.1, -0.05) is 48.5 Å². The number of rotatable bonds is 16. The van der Waals surface area contributed by atoms with Crippen LogP contribution in [-0.4, -0.2) is 131 Å². The number of nitrogens with one attached hydrogen (secondary N) is 5. The van der Waals surface area contributed by atoms with E-state index in [4.69, 9.17) is 40.1 Å². The third-order valence-electron chi connectivity index (χ3n) is 13.9. The molecule has 4 aliphatic heterocycles. The lowest BCUT2D eigenvalue weighted by Crippen LogP contribution is -2.37. The number of carboxylic acids is 2. The predicted octanol–water partition coefficient (Wildman–Crippen LogP) is 10.5. The topological polar surface area (TPSA) is 323 Å². The summed E-state index contributed by atoms with van der Waals surface area (Å²) in [5.41, 5.74) is 19.8. The standard InChI is InChI=1S/C38H44N6O6.C24H16N2O4.C7H16N2O2/c1-37(2,3)49-35(47)41-17-15-39-33(45)25-11-13-29-27(19-25)21-31(43-29)23-7-9-24(10-8-23)32-22-28-20-26(12-14-30(28)44-32)34(46)40-16-18-42-36(48)50-38(4,5)6;27-23(28)15-5-7-19-17(9-15)11-21(25-19)13-1-2-14(4-3-13)22-12-18-10-16(24(29)30)6-8-20(18)26-22;1-7(2,3)11-6(10)9-5-4-8/h7-14,19-20H,15-18,21-22H2,1-6H3,(H,39,45)(H,40,46)(H,41,47)(H,42,48);1-10H,11-12H2,(H,27,28)(H,29,30);4-5,8H2,1-3H3,(H,9,10). The molecule has 9 N–H and O–H groups in total. The smallest absolute Gasteiger partial charge is 0.407 e. The lowest BCUT2D eigenvalue weighted by molar-refractivity contribution is 0.0516. The first-order valence-electron chi connectivity index (χ1n) is 29.7. The number of carbonyl (C=O) groups excluding carboxylic acids is 5. The van der Waals surface area contributed by atoms with E-state index < -0.39 is 47.0 Å². The number of benzene rings is 6. The minimum absolute atomic E-state index is 0.227. The molecule has 22 heteroatoms. The van der Waals surface area contributed by atoms with Crippen molar-refractivity contribution in [3.8, 4) is 0 Å². The van der Waals surface area contributed by atoms with Gasteiger partial charge in [-0.3, -0.25) is 29.6 Å². The van der Waals surface area contributed by atoms with Crippen molar-refractivity contribution in [2.45, 2.75) is 105 Å². The fourth-order valence-corrected chi connectivity index (χ4v) is 9.73. The fourth-order valence-electron chi connectivity index (χ4n) is 9.73. The molecule has 5 amide bonds. The SMILES string of the molecule is CC(C)(C)OC(=O)NCCN.CC(C)(C)OC(=O)NCCNC(=O)c1ccc2c(c1)CC(c1ccc(C3=Nc4ccc(C(=O)NCCNC(=O)OC(C)(C)C)cc4C3)cc1)=N2.O=C(O)c1ccc2c(c1)CC(c1ccc(C3=Nc4ccc(C(=O)O)cc4C3)cc1)=N2. The molecular weight excluding hydrogens is 1160 g/mol. The molecule has 0 bridgehead atoms. The van der Waals surface area contributed by atoms with Gasteiger partial charge in [-0.15, -0.1) is 0 Å². The van der Waals surface area contributed by atoms with Gasteiger partial charge in [-0.25, -0.2) is 24.0 Å². The van der Waals surface area contributed by atoms with Gasteiger partial charge in [0.1, 0.15) is 16.8 Å². The van der Waals surface area contributed by atoms with Gasteiger partial charge < -0.3 is 56.7 Å². The van der Waals surface area contributed by atoms with Crippen LogP contribution < -0.4 is 32.3 Å². The van der Waals surface area contributed by atoms with Crippen molar-refractivity contribution >= 4 is 87.6 Å². The monoisotopic (exact) mass is 1240 g/mol. The van der Waals surface area contributed by atoms with Gasteiger partial charge in [0.15, 0.2) is 0 Å². The number of hydrogen-bond donors (Lipinski definition) is 8. The molecule has 0 aromatic heterocycles. The highest BCUT2D eigenvalue weighted by Gasteiger charge is 2.25. The minimum Gasteiger partial charge on any atom is -0.478 e. The lowest BCUT2D eigenvalue weighted by atomic mass is 9.98. The molecule has 0 radical (unpaired) electrons. The molecule has 0 atom stereocenters. The average molecular weight is 1240 g/mol. The Balaban J connectivity index is 0.000000218. The summed E-state index contributed by atoms with van der Waals surface area (Å²) in [6.45, 7) is 18.1. The lowest BCUT2D eigenvalue weighted by Gasteiger charge is -2.19. The Morgan fingerprint density at radius 2 is 0.615 bits per heavy atom. The molecule has 0 saturated carbocycles. The molecular formula is C69H76N10O12. The summed E-state index contributed by atoms with van der Waals surface area (Å²) in [7, 11) is 0. The van der Waals surface area contributed by atoms with Gasteiger partial charge in [0, 0.05) is 76.1 Å². The molecule has 0 unspecified atom stereocenters. The Morgan fingerprint density at radius 3 is 0.868 bits per heavy atom. The molecule has 4 heterocycles. The van der Waals surface area contributed by atoms with Gasteiger partial charge in [-0.2, -0.15) is 0 Å². The maximum atomic E-state index is 12.7. The zero-order valence-electron chi connectivity index (χ0n) is 52.5. The van der Waals surface area contributed by atoms with Crippen LogP contribution in [0.5, 0.6) is 0 Å². The van der Waals surface area contributed by atoms with Crippen molar-refractivity contribution in [2.75, 3.05) is 39.3 Å². The molecule has 6 aromatic carbocycles. The van der Waals surface area contributed by atoms with Crippen LogP contribution in [0.4, 0.5) is 37.1 Å². The van der Waals surface area contributed by atoms with Crippen LogP contribution in [0.2, 0.25) is 0 Å². The number of fused-ring (bicyclic) bond motifs is 4. The van der Waals surface area contributed by atoms with Crippen LogP contribution >= 0.6 is 0 Å². The highest BCUT2D eigenvalue weighted by Crippen LogP contribution is 2.35. The normalized spacial score (nSPS) is 13.3. The van der Waals surface area contributed by atoms with Gasteiger partial charge in [-0.05, 0) is 180 Å². The van der Waals surface area contributed by atoms with Crippen LogP contribution in [-0.2, 0) is 39.9 Å². The molecule has 4 aliphatic rings. The zero-order chi connectivity index (χ0) is 65.8. The Morgan fingerprint density at radius 1 is 0.374 bits per heavy atom. The summed E-state index contributed by atoms with van der Waals surface area (Å²) in [6.07, 6.45) is 0.934. The number of carboxylic acid groups (broad SMARTS) is 2. The van der Waals surface area contributed by atoms with Crippen molar-refractivity contribution in [3.63, 3.8) is 0 Å². The predicted molar refractivity (Wildman–Crippen MR) is 349 cm³/mol. The third-order valence-corrected chi connectivity index (χ3v) is 13.9. The maximum Gasteiger partial charge on any atom is 0.407 e. The molecule has 91 heavy (non-hydrogen) atoms. The Kier molecular flexibility index (Phi) is 21.1. The molecule has 0 saturated heterocycles. The van der Waals surface area contributed by atoms with E-state index in [1.54, 1.807) is 90.1 Å². The van der Waals surface area contributed by atoms with Crippen LogP contribution in [0.1, 0.15) is 148 Å². The number of nitrogens with two attached hydrogens (primary N) is 1. The number of aliphatic imine (C=N–C) groups is 4. The molecule has 0 aliphatic carbocycles. The summed E-state index contributed by atoms with van der Waals surface area (Å²) in [4.78, 5) is 101. The fraction of sp³-hybridized carbons (Fsp3) is 0.319. The number of alkyl carbamates (subject to hydrolysis) is 3. The van der Waals surface area contributed by atoms with Crippen molar-refractivity contribution < 1.29 is 58.0 Å². The Hall–Kier alpha value is -10.4. The molecule has 0 spiro atoms. The largest absolute Gasteiger partial charge is 0.478 e. The number of aromatic carboxylic acids is 2. The van der Waals surface area contributed by atoms with E-state index in [9.17, 15) is 33.6 Å². The molecule has 6 aromatic rings. The van der Waals surface area contributed by atoms with Crippen LogP contribution in [0.15, 0.2) is 141 Å². The maximum absolute atomic E-state index is 12.7. The number of ether oxygens (including phenoxy) is 3. The zero-order valence-corrected chi connectivity index (χ0v) is 52.5. The number of carbonyl (C=O) groups is 7. The van der Waals surface area contributed by atoms with Crippen molar-refractivity contribution in [1.29, 1.82) is 0 Å². The summed E-state index contributed by atoms with van der Waals surface area (Å²) in [6, 6.07) is 37.0. The van der Waals surface area contributed by atoms with Gasteiger partial charge in [0.25, 0.3) is 11.8 Å². The summed E-state index contributed by atoms with van der Waals surface area (Å²) >= 11 is 0. The van der Waals surface area contributed by atoms with Crippen LogP contribution in [0, 0.1) is 0 Å². The second-order valence-electron chi connectivity index (χ2n) is 24.7. The Bertz CT molecular complexity index is 3670. The first-order valence-corrected chi connectivity index (χ1v) is 29.7. The van der Waals surface area contributed by atoms with E-state index >= 15 is 0 Å². The van der Waals surface area contributed by atoms with E-state index in [1.807, 2.05) is 93.6 Å². The van der Waals surface area contributed by atoms with Gasteiger partial charge in [0.05, 0.1) is 56.7 Å². The van der Waals surface area contributed by atoms with Crippen molar-refractivity contribution in [1.82, 2.24) is 26.6 Å². The molecule has 474 valence electrons. The first kappa shape index (κ1) is 66.6. The Labute approximate surface area is 527 Å². The first-order chi connectivity index (χ1) is 43.1. The summed E-state index contributed by atoms with van der Waals surface area (Å²) < 4.78 is 15.3. The summed E-state index contributed by atoms with van der Waals surface area (Å²) in [5, 5.41) is 31.7. The quantitative estimate of drug-likeness (QED) is 0.0331. The van der Waals surface area contributed by atoms with Crippen molar-refractivity contribution in [2.24, 2.45) is 25.7 Å². The van der Waals surface area contributed by atoms with E-state index in [1.165, 1.54) is 0 Å². The number of nitrogens with zero attached hydrogens (tertiary/aromatic N) is 4. The van der Waals surface area contributed by atoms with Crippen LogP contribution in [0.25, 0.3) is 0 Å². The van der Waals surface area contributed by atoms with Crippen LogP contribution in [0.3, 0.4) is 0 Å². The van der Waals surface area contributed by atoms with E-state index in [2.05, 4.69) is 36.6 Å². The highest BCUT2D eigenvalue weighted by molar-refractivity contribution is 6.11. The van der Waals surface area contributed by atoms with Gasteiger partial charge in [0.2, 0.25) is 0 Å². The average Bonchev–Trinajstić information content (AvgIpc) is 1.69. The minimum atomic E-state index is -0.940. The van der Waals surface area contributed by atoms with E-state index in [0.717, 1.165) is 90.1 Å². The highest BCUT2D eigenvalue weighted by atomic mass is 16.6. The van der Waals surface area contributed by atoms with Gasteiger partial charge >= 0.3 is 30.2 Å². The molecule has 10 rings (SSSR count). The number of amides is 5. The molecule has 22 nitrogen and oxygen atoms in total. The van der Waals surface area contributed by atoms with Crippen molar-refractivity contribution in [3.05, 3.63) is 188 Å². The van der Waals surface area contributed by atoms with E-state index in [0.29, 0.717) is 49.9 Å². The van der Waals surface area contributed by atoms with E-state index in [-0.39, 0.29) is 49.1 Å².